The summed E-state index contributed by atoms with van der Waals surface area (Å²) in [5.74, 6) is -1.24. The largest absolute Gasteiger partial charge is 0.466 e. The van der Waals surface area contributed by atoms with Gasteiger partial charge in [0.25, 0.3) is 0 Å². The number of hydrogen-bond donors (Lipinski definition) is 0. The number of esters is 2. The van der Waals surface area contributed by atoms with Gasteiger partial charge in [0.2, 0.25) is 0 Å². The summed E-state index contributed by atoms with van der Waals surface area (Å²) in [5.41, 5.74) is 4.82. The van der Waals surface area contributed by atoms with Gasteiger partial charge in [-0.25, -0.2) is 14.6 Å². The fourth-order valence-electron chi connectivity index (χ4n) is 6.06. The first-order valence-corrected chi connectivity index (χ1v) is 12.7. The normalized spacial score (nSPS) is 21.6. The first-order valence-electron chi connectivity index (χ1n) is 11.1. The van der Waals surface area contributed by atoms with Gasteiger partial charge in [-0.3, -0.25) is 0 Å². The molecule has 2 aliphatic heterocycles. The van der Waals surface area contributed by atoms with Gasteiger partial charge in [-0.1, -0.05) is 44.0 Å². The second-order valence-corrected chi connectivity index (χ2v) is 11.0. The van der Waals surface area contributed by atoms with Gasteiger partial charge in [0, 0.05) is 8.95 Å². The van der Waals surface area contributed by atoms with E-state index in [9.17, 15) is 9.59 Å². The number of fused-ring (bicyclic) bond motifs is 7. The van der Waals surface area contributed by atoms with Crippen molar-refractivity contribution in [2.75, 3.05) is 14.2 Å². The number of hydrogen-bond acceptors (Lipinski definition) is 6. The quantitative estimate of drug-likeness (QED) is 0.403. The van der Waals surface area contributed by atoms with Crippen molar-refractivity contribution in [2.24, 2.45) is 5.10 Å². The summed E-state index contributed by atoms with van der Waals surface area (Å²) >= 11 is 7.28. The molecule has 1 spiro atoms. The molecular formula is C27H24Br2N2O4. The maximum absolute atomic E-state index is 13.7. The summed E-state index contributed by atoms with van der Waals surface area (Å²) in [6.45, 7) is 8.02. The van der Waals surface area contributed by atoms with Crippen LogP contribution in [0.5, 0.6) is 0 Å². The Hall–Kier alpha value is -2.71. The maximum Gasteiger partial charge on any atom is 0.356 e. The molecule has 180 valence electrons. The van der Waals surface area contributed by atoms with Crippen LogP contribution in [0.15, 0.2) is 72.9 Å². The fourth-order valence-corrected chi connectivity index (χ4v) is 6.78. The lowest BCUT2D eigenvalue weighted by molar-refractivity contribution is -0.140. The summed E-state index contributed by atoms with van der Waals surface area (Å²) < 4.78 is 12.3. The maximum atomic E-state index is 13.7. The number of methoxy groups -OCH3 is 2. The van der Waals surface area contributed by atoms with Crippen molar-refractivity contribution >= 4 is 49.5 Å². The second-order valence-electron chi connectivity index (χ2n) is 9.16. The average molecular weight is 600 g/mol. The lowest BCUT2D eigenvalue weighted by Gasteiger charge is -2.50. The minimum absolute atomic E-state index is 0.0896. The van der Waals surface area contributed by atoms with Gasteiger partial charge in [-0.15, -0.1) is 0 Å². The molecular weight excluding hydrogens is 576 g/mol. The predicted octanol–water partition coefficient (Wildman–Crippen LogP) is 5.88. The summed E-state index contributed by atoms with van der Waals surface area (Å²) in [6, 6.07) is 12.1. The van der Waals surface area contributed by atoms with Crippen molar-refractivity contribution in [3.05, 3.63) is 78.9 Å². The molecule has 0 saturated heterocycles. The third kappa shape index (κ3) is 2.78. The van der Waals surface area contributed by atoms with Crippen molar-refractivity contribution in [3.63, 3.8) is 0 Å². The number of benzene rings is 2. The Bertz CT molecular complexity index is 1390. The Labute approximate surface area is 220 Å². The smallest absolute Gasteiger partial charge is 0.356 e. The number of carbonyl (C=O) groups excluding carboxylic acids is 2. The van der Waals surface area contributed by atoms with E-state index in [1.165, 1.54) is 14.2 Å². The number of hydrazone groups is 1. The van der Waals surface area contributed by atoms with Crippen molar-refractivity contribution in [1.82, 2.24) is 5.01 Å². The molecule has 2 aromatic carbocycles. The summed E-state index contributed by atoms with van der Waals surface area (Å²) in [4.78, 5) is 27.1. The number of rotatable bonds is 2. The summed E-state index contributed by atoms with van der Waals surface area (Å²) in [5, 5.41) is 6.56. The van der Waals surface area contributed by atoms with E-state index in [-0.39, 0.29) is 11.3 Å². The zero-order valence-electron chi connectivity index (χ0n) is 20.2. The van der Waals surface area contributed by atoms with Crippen LogP contribution in [0.2, 0.25) is 0 Å². The van der Waals surface area contributed by atoms with Gasteiger partial charge < -0.3 is 9.47 Å². The van der Waals surface area contributed by atoms with Crippen LogP contribution in [0.4, 0.5) is 0 Å². The second kappa shape index (κ2) is 7.90. The topological polar surface area (TPSA) is 68.2 Å². The molecule has 3 aliphatic rings. The van der Waals surface area contributed by atoms with Gasteiger partial charge in [0.05, 0.1) is 30.9 Å². The van der Waals surface area contributed by atoms with E-state index in [4.69, 9.17) is 14.6 Å². The van der Waals surface area contributed by atoms with E-state index in [1.54, 1.807) is 5.01 Å². The SMILES string of the molecule is COC(=O)C1=C(C(=O)OC)C2(c3cc(Br)ccc3-c3ccc(Br)cc32)C2(C)C(C)=C(C)C(C)=NN12. The first-order chi connectivity index (χ1) is 16.5. The highest BCUT2D eigenvalue weighted by Gasteiger charge is 2.70. The lowest BCUT2D eigenvalue weighted by atomic mass is 9.58. The van der Waals surface area contributed by atoms with Gasteiger partial charge in [0.1, 0.15) is 5.54 Å². The molecule has 1 aliphatic carbocycles. The molecule has 5 rings (SSSR count). The Morgan fingerprint density at radius 3 is 1.89 bits per heavy atom. The Balaban J connectivity index is 2.08. The van der Waals surface area contributed by atoms with Crippen LogP contribution >= 0.6 is 31.9 Å². The Morgan fingerprint density at radius 2 is 1.40 bits per heavy atom. The number of halogens is 2. The predicted molar refractivity (Wildman–Crippen MR) is 141 cm³/mol. The third-order valence-electron chi connectivity index (χ3n) is 7.89. The molecule has 0 bridgehead atoms. The van der Waals surface area contributed by atoms with Gasteiger partial charge in [-0.2, -0.15) is 5.10 Å². The molecule has 8 heteroatoms. The highest BCUT2D eigenvalue weighted by molar-refractivity contribution is 9.10. The molecule has 0 N–H and O–H groups in total. The van der Waals surface area contributed by atoms with Crippen LogP contribution < -0.4 is 0 Å². The van der Waals surface area contributed by atoms with Crippen LogP contribution in [0.1, 0.15) is 38.8 Å². The number of carbonyl (C=O) groups is 2. The first kappa shape index (κ1) is 24.0. The molecule has 6 nitrogen and oxygen atoms in total. The summed E-state index contributed by atoms with van der Waals surface area (Å²) in [6.07, 6.45) is 0. The van der Waals surface area contributed by atoms with Crippen LogP contribution in [-0.4, -0.2) is 42.4 Å². The monoisotopic (exact) mass is 598 g/mol. The van der Waals surface area contributed by atoms with Crippen LogP contribution in [0.25, 0.3) is 11.1 Å². The molecule has 1 unspecified atom stereocenters. The highest BCUT2D eigenvalue weighted by Crippen LogP contribution is 2.67. The van der Waals surface area contributed by atoms with E-state index in [1.807, 2.05) is 64.1 Å². The van der Waals surface area contributed by atoms with Crippen molar-refractivity contribution in [2.45, 2.75) is 38.6 Å². The number of nitrogens with zero attached hydrogens (tertiary/aromatic N) is 2. The van der Waals surface area contributed by atoms with Gasteiger partial charge in [0.15, 0.2) is 5.70 Å². The zero-order valence-corrected chi connectivity index (χ0v) is 23.4. The van der Waals surface area contributed by atoms with Crippen LogP contribution in [0.3, 0.4) is 0 Å². The third-order valence-corrected chi connectivity index (χ3v) is 8.88. The van der Waals surface area contributed by atoms with Crippen molar-refractivity contribution < 1.29 is 19.1 Å². The molecule has 0 saturated carbocycles. The Kier molecular flexibility index (Phi) is 5.42. The van der Waals surface area contributed by atoms with Crippen molar-refractivity contribution in [3.8, 4) is 11.1 Å². The minimum atomic E-state index is -1.10. The van der Waals surface area contributed by atoms with E-state index >= 15 is 0 Å². The van der Waals surface area contributed by atoms with E-state index in [0.717, 1.165) is 48.1 Å². The molecule has 0 aromatic heterocycles. The summed E-state index contributed by atoms with van der Waals surface area (Å²) in [7, 11) is 2.64. The minimum Gasteiger partial charge on any atom is -0.466 e. The van der Waals surface area contributed by atoms with E-state index < -0.39 is 22.9 Å². The Morgan fingerprint density at radius 1 is 0.886 bits per heavy atom. The molecule has 2 aromatic rings. The number of ether oxygens (including phenoxy) is 2. The standard InChI is InChI=1S/C27H24Br2N2O4/c1-13-14(2)26(4)27(22(24(32)34-5)23(25(33)35-6)31(26)30-15(13)3)20-11-16(28)7-9-18(20)19-10-8-17(29)12-21(19)27/h7-12H,1-6H3. The van der Waals surface area contributed by atoms with E-state index in [2.05, 4.69) is 31.9 Å². The molecule has 2 heterocycles. The van der Waals surface area contributed by atoms with Crippen LogP contribution in [0, 0.1) is 0 Å². The molecule has 0 fully saturated rings. The molecule has 35 heavy (non-hydrogen) atoms. The molecule has 1 atom stereocenters. The fraction of sp³-hybridized carbons (Fsp3) is 0.296. The van der Waals surface area contributed by atoms with E-state index in [0.29, 0.717) is 0 Å². The van der Waals surface area contributed by atoms with Crippen molar-refractivity contribution in [1.29, 1.82) is 0 Å². The van der Waals surface area contributed by atoms with Gasteiger partial charge in [-0.05, 0) is 85.4 Å². The molecule has 0 amide bonds. The average Bonchev–Trinajstić information content (AvgIpc) is 3.25. The number of allylic oxidation sites excluding steroid dienone is 1. The highest BCUT2D eigenvalue weighted by atomic mass is 79.9. The lowest BCUT2D eigenvalue weighted by Crippen LogP contribution is -2.57. The van der Waals surface area contributed by atoms with Crippen LogP contribution in [-0.2, 0) is 24.5 Å². The molecule has 0 radical (unpaired) electrons. The van der Waals surface area contributed by atoms with Gasteiger partial charge >= 0.3 is 11.9 Å². The zero-order chi connectivity index (χ0) is 25.4.